The predicted molar refractivity (Wildman–Crippen MR) is 83.9 cm³/mol. The van der Waals surface area contributed by atoms with Crippen LogP contribution in [0, 0.1) is 0 Å². The summed E-state index contributed by atoms with van der Waals surface area (Å²) < 4.78 is 10.3. The lowest BCUT2D eigenvalue weighted by Crippen LogP contribution is -2.07. The smallest absolute Gasteiger partial charge is 0.195 e. The molecule has 0 aliphatic heterocycles. The zero-order valence-electron chi connectivity index (χ0n) is 11.4. The molecule has 0 aliphatic rings. The van der Waals surface area contributed by atoms with Crippen LogP contribution in [0.1, 0.15) is 15.9 Å². The van der Waals surface area contributed by atoms with Crippen LogP contribution in [0.2, 0.25) is 10.0 Å². The van der Waals surface area contributed by atoms with Gasteiger partial charge in [-0.3, -0.25) is 4.79 Å². The monoisotopic (exact) mass is 325 g/mol. The first-order chi connectivity index (χ1) is 9.97. The van der Waals surface area contributed by atoms with E-state index in [1.165, 1.54) is 20.3 Å². The van der Waals surface area contributed by atoms with Gasteiger partial charge < -0.3 is 15.2 Å². The summed E-state index contributed by atoms with van der Waals surface area (Å²) in [6.45, 7) is 0. The van der Waals surface area contributed by atoms with Gasteiger partial charge in [0.05, 0.1) is 24.3 Å². The average molecular weight is 326 g/mol. The minimum atomic E-state index is -0.271. The highest BCUT2D eigenvalue weighted by molar-refractivity contribution is 6.42. The molecule has 0 atom stereocenters. The van der Waals surface area contributed by atoms with Crippen LogP contribution in [0.3, 0.4) is 0 Å². The number of rotatable bonds is 4. The molecule has 0 saturated heterocycles. The molecule has 2 aromatic rings. The number of benzene rings is 2. The fourth-order valence-electron chi connectivity index (χ4n) is 1.88. The van der Waals surface area contributed by atoms with Crippen molar-refractivity contribution >= 4 is 34.7 Å². The Morgan fingerprint density at radius 3 is 2.19 bits per heavy atom. The van der Waals surface area contributed by atoms with Crippen molar-refractivity contribution in [2.24, 2.45) is 0 Å². The van der Waals surface area contributed by atoms with Crippen LogP contribution in [0.5, 0.6) is 11.5 Å². The lowest BCUT2D eigenvalue weighted by atomic mass is 10.0. The van der Waals surface area contributed by atoms with Crippen LogP contribution < -0.4 is 15.2 Å². The quantitative estimate of drug-likeness (QED) is 0.685. The number of carbonyl (C=O) groups excluding carboxylic acids is 1. The van der Waals surface area contributed by atoms with Gasteiger partial charge in [0.25, 0.3) is 0 Å². The topological polar surface area (TPSA) is 61.5 Å². The molecule has 110 valence electrons. The minimum absolute atomic E-state index is 0.271. The average Bonchev–Trinajstić information content (AvgIpc) is 2.49. The lowest BCUT2D eigenvalue weighted by molar-refractivity contribution is 0.103. The Balaban J connectivity index is 2.50. The molecule has 0 unspecified atom stereocenters. The Morgan fingerprint density at radius 1 is 1.00 bits per heavy atom. The first kappa shape index (κ1) is 15.5. The highest BCUT2D eigenvalue weighted by Crippen LogP contribution is 2.33. The maximum absolute atomic E-state index is 12.5. The van der Waals surface area contributed by atoms with Gasteiger partial charge >= 0.3 is 0 Å². The number of hydrogen-bond acceptors (Lipinski definition) is 4. The Hall–Kier alpha value is -1.91. The van der Waals surface area contributed by atoms with Crippen molar-refractivity contribution in [3.63, 3.8) is 0 Å². The van der Waals surface area contributed by atoms with Gasteiger partial charge in [0.1, 0.15) is 0 Å². The minimum Gasteiger partial charge on any atom is -0.493 e. The van der Waals surface area contributed by atoms with Gasteiger partial charge in [-0.25, -0.2) is 0 Å². The summed E-state index contributed by atoms with van der Waals surface area (Å²) in [4.78, 5) is 12.5. The molecule has 0 saturated carbocycles. The van der Waals surface area contributed by atoms with E-state index >= 15 is 0 Å². The van der Waals surface area contributed by atoms with Crippen LogP contribution in [0.25, 0.3) is 0 Å². The van der Waals surface area contributed by atoms with Crippen molar-refractivity contribution in [3.8, 4) is 11.5 Å². The summed E-state index contributed by atoms with van der Waals surface area (Å²) in [5, 5.41) is 0.690. The molecule has 2 aromatic carbocycles. The van der Waals surface area contributed by atoms with Gasteiger partial charge in [0, 0.05) is 22.9 Å². The number of anilines is 1. The maximum atomic E-state index is 12.5. The molecule has 0 aliphatic carbocycles. The number of ketones is 1. The normalized spacial score (nSPS) is 10.3. The van der Waals surface area contributed by atoms with Crippen molar-refractivity contribution in [1.82, 2.24) is 0 Å². The maximum Gasteiger partial charge on any atom is 0.195 e. The summed E-state index contributed by atoms with van der Waals surface area (Å²) in [5.74, 6) is 0.614. The number of nitrogen functional groups attached to an aromatic ring is 1. The number of hydrogen-bond donors (Lipinski definition) is 1. The number of halogens is 2. The molecule has 0 radical (unpaired) electrons. The highest BCUT2D eigenvalue weighted by Gasteiger charge is 2.17. The summed E-state index contributed by atoms with van der Waals surface area (Å²) in [6, 6.07) is 7.74. The SMILES string of the molecule is COc1cc(N)c(C(=O)c2ccc(Cl)c(Cl)c2)cc1OC. The Kier molecular flexibility index (Phi) is 4.60. The molecule has 0 aromatic heterocycles. The second-order valence-electron chi connectivity index (χ2n) is 4.25. The second-order valence-corrected chi connectivity index (χ2v) is 5.07. The molecular formula is C15H13Cl2NO3. The van der Waals surface area contributed by atoms with Gasteiger partial charge in [0.15, 0.2) is 17.3 Å². The standard InChI is InChI=1S/C15H13Cl2NO3/c1-20-13-6-9(12(18)7-14(13)21-2)15(19)8-3-4-10(16)11(17)5-8/h3-7H,18H2,1-2H3. The van der Waals surface area contributed by atoms with E-state index in [2.05, 4.69) is 0 Å². The molecule has 21 heavy (non-hydrogen) atoms. The number of methoxy groups -OCH3 is 2. The predicted octanol–water partition coefficient (Wildman–Crippen LogP) is 3.82. The summed E-state index contributed by atoms with van der Waals surface area (Å²) in [5.41, 5.74) is 6.91. The molecule has 2 rings (SSSR count). The van der Waals surface area contributed by atoms with Crippen molar-refractivity contribution < 1.29 is 14.3 Å². The van der Waals surface area contributed by atoms with Crippen molar-refractivity contribution in [2.75, 3.05) is 20.0 Å². The van der Waals surface area contributed by atoms with Gasteiger partial charge in [-0.1, -0.05) is 23.2 Å². The van der Waals surface area contributed by atoms with E-state index in [9.17, 15) is 4.79 Å². The molecule has 0 fully saturated rings. The van der Waals surface area contributed by atoms with Crippen LogP contribution in [0.4, 0.5) is 5.69 Å². The van der Waals surface area contributed by atoms with E-state index in [0.29, 0.717) is 38.4 Å². The first-order valence-electron chi connectivity index (χ1n) is 5.99. The highest BCUT2D eigenvalue weighted by atomic mass is 35.5. The largest absolute Gasteiger partial charge is 0.493 e. The second kappa shape index (κ2) is 6.24. The van der Waals surface area contributed by atoms with E-state index in [1.54, 1.807) is 24.3 Å². The third kappa shape index (κ3) is 3.06. The van der Waals surface area contributed by atoms with E-state index in [0.717, 1.165) is 0 Å². The molecular weight excluding hydrogens is 313 g/mol. The lowest BCUT2D eigenvalue weighted by Gasteiger charge is -2.12. The molecule has 4 nitrogen and oxygen atoms in total. The Labute approximate surface area is 132 Å². The van der Waals surface area contributed by atoms with Crippen LogP contribution in [-0.4, -0.2) is 20.0 Å². The Morgan fingerprint density at radius 2 is 1.62 bits per heavy atom. The zero-order chi connectivity index (χ0) is 15.6. The van der Waals surface area contributed by atoms with Crippen molar-refractivity contribution in [1.29, 1.82) is 0 Å². The van der Waals surface area contributed by atoms with Crippen LogP contribution >= 0.6 is 23.2 Å². The van der Waals surface area contributed by atoms with Crippen molar-refractivity contribution in [3.05, 3.63) is 51.5 Å². The third-order valence-electron chi connectivity index (χ3n) is 2.98. The number of nitrogens with two attached hydrogens (primary N) is 1. The molecule has 2 N–H and O–H groups in total. The summed E-state index contributed by atoms with van der Waals surface area (Å²) >= 11 is 11.8. The molecule has 0 amide bonds. The van der Waals surface area contributed by atoms with E-state index in [4.69, 9.17) is 38.4 Å². The zero-order valence-corrected chi connectivity index (χ0v) is 13.0. The van der Waals surface area contributed by atoms with Gasteiger partial charge in [-0.15, -0.1) is 0 Å². The van der Waals surface area contributed by atoms with Gasteiger partial charge in [-0.05, 0) is 24.3 Å². The summed E-state index contributed by atoms with van der Waals surface area (Å²) in [7, 11) is 2.99. The van der Waals surface area contributed by atoms with E-state index in [-0.39, 0.29) is 5.78 Å². The van der Waals surface area contributed by atoms with Crippen LogP contribution in [-0.2, 0) is 0 Å². The molecule has 0 spiro atoms. The fourth-order valence-corrected chi connectivity index (χ4v) is 2.18. The molecule has 6 heteroatoms. The van der Waals surface area contributed by atoms with Crippen LogP contribution in [0.15, 0.2) is 30.3 Å². The summed E-state index contributed by atoms with van der Waals surface area (Å²) in [6.07, 6.45) is 0. The first-order valence-corrected chi connectivity index (χ1v) is 6.74. The Bertz CT molecular complexity index is 702. The van der Waals surface area contributed by atoms with Gasteiger partial charge in [0.2, 0.25) is 0 Å². The van der Waals surface area contributed by atoms with E-state index < -0.39 is 0 Å². The van der Waals surface area contributed by atoms with E-state index in [1.807, 2.05) is 0 Å². The molecule has 0 heterocycles. The van der Waals surface area contributed by atoms with Gasteiger partial charge in [-0.2, -0.15) is 0 Å². The fraction of sp³-hybridized carbons (Fsp3) is 0.133. The molecule has 0 bridgehead atoms. The van der Waals surface area contributed by atoms with Crippen molar-refractivity contribution in [2.45, 2.75) is 0 Å². The number of carbonyl (C=O) groups is 1. The number of ether oxygens (including phenoxy) is 2. The third-order valence-corrected chi connectivity index (χ3v) is 3.72.